The molecule has 0 unspecified atom stereocenters. The zero-order valence-corrected chi connectivity index (χ0v) is 15.8. The lowest BCUT2D eigenvalue weighted by atomic mass is 9.59. The minimum Gasteiger partial charge on any atom is -0.481 e. The van der Waals surface area contributed by atoms with Crippen LogP contribution in [-0.2, 0) is 16.6 Å². The van der Waals surface area contributed by atoms with Gasteiger partial charge in [-0.3, -0.25) is 9.79 Å². The predicted octanol–water partition coefficient (Wildman–Crippen LogP) is 3.70. The molecule has 0 N–H and O–H groups in total. The van der Waals surface area contributed by atoms with Crippen LogP contribution in [0.15, 0.2) is 35.5 Å². The molecule has 3 rings (SSSR count). The van der Waals surface area contributed by atoms with Crippen LogP contribution in [0.2, 0.25) is 0 Å². The largest absolute Gasteiger partial charge is 0.481 e. The van der Waals surface area contributed by atoms with Gasteiger partial charge in [0, 0.05) is 28.7 Å². The standard InChI is InChI=1S/C21H25N3O2/c1-6-14(10-12-22-4)19-23-18-15(20(24-19)26-5)7-8-16-13(2)17(25)9-11-21(16,18)3/h6,9-13,16H,4,7-8H2,1-3,5H3/b12-10-,14-6+/t13-,16-,21-/m1/s1. The molecule has 0 aliphatic heterocycles. The molecule has 0 amide bonds. The fourth-order valence-electron chi connectivity index (χ4n) is 4.22. The molecule has 0 radical (unpaired) electrons. The third-order valence-electron chi connectivity index (χ3n) is 5.72. The number of aliphatic imine (C=N–C) groups is 1. The molecule has 1 aromatic heterocycles. The van der Waals surface area contributed by atoms with E-state index in [1.807, 2.05) is 32.1 Å². The SMILES string of the molecule is C=N/C=C\C(=C/C)c1nc(OC)c2c(n1)[C@]1(C)C=CC(=O)[C@H](C)[C@H]1CC2. The number of allylic oxidation sites excluding steroid dienone is 5. The maximum atomic E-state index is 12.2. The Morgan fingerprint density at radius 1 is 1.46 bits per heavy atom. The highest BCUT2D eigenvalue weighted by Gasteiger charge is 2.47. The Balaban J connectivity index is 2.21. The van der Waals surface area contributed by atoms with Gasteiger partial charge in [-0.05, 0) is 44.6 Å². The molecule has 1 heterocycles. The molecule has 0 bridgehead atoms. The van der Waals surface area contributed by atoms with Crippen LogP contribution >= 0.6 is 0 Å². The molecule has 0 spiro atoms. The summed E-state index contributed by atoms with van der Waals surface area (Å²) in [6.45, 7) is 9.60. The monoisotopic (exact) mass is 351 g/mol. The highest BCUT2D eigenvalue weighted by molar-refractivity contribution is 5.93. The smallest absolute Gasteiger partial charge is 0.220 e. The summed E-state index contributed by atoms with van der Waals surface area (Å²) in [7, 11) is 1.64. The van der Waals surface area contributed by atoms with E-state index in [2.05, 4.69) is 23.6 Å². The Morgan fingerprint density at radius 2 is 2.23 bits per heavy atom. The predicted molar refractivity (Wildman–Crippen MR) is 103 cm³/mol. The lowest BCUT2D eigenvalue weighted by Crippen LogP contribution is -2.44. The fraction of sp³-hybridized carbons (Fsp3) is 0.429. The normalized spacial score (nSPS) is 28.0. The van der Waals surface area contributed by atoms with E-state index in [1.165, 1.54) is 0 Å². The van der Waals surface area contributed by atoms with E-state index in [9.17, 15) is 4.79 Å². The molecule has 26 heavy (non-hydrogen) atoms. The number of methoxy groups -OCH3 is 1. The molecule has 5 heteroatoms. The van der Waals surface area contributed by atoms with Crippen LogP contribution in [0.1, 0.15) is 44.3 Å². The average molecular weight is 351 g/mol. The average Bonchev–Trinajstić information content (AvgIpc) is 2.65. The first-order valence-electron chi connectivity index (χ1n) is 8.93. The second-order valence-corrected chi connectivity index (χ2v) is 7.08. The van der Waals surface area contributed by atoms with Crippen LogP contribution in [0, 0.1) is 11.8 Å². The summed E-state index contributed by atoms with van der Waals surface area (Å²) in [5.74, 6) is 1.64. The summed E-state index contributed by atoms with van der Waals surface area (Å²) >= 11 is 0. The molecule has 0 saturated carbocycles. The molecular formula is C21H25N3O2. The summed E-state index contributed by atoms with van der Waals surface area (Å²) in [4.78, 5) is 25.5. The Labute approximate surface area is 154 Å². The van der Waals surface area contributed by atoms with Crippen LogP contribution in [0.5, 0.6) is 5.88 Å². The van der Waals surface area contributed by atoms with Gasteiger partial charge in [-0.2, -0.15) is 4.98 Å². The van der Waals surface area contributed by atoms with Crippen LogP contribution in [0.4, 0.5) is 0 Å². The first-order chi connectivity index (χ1) is 12.5. The van der Waals surface area contributed by atoms with Crippen molar-refractivity contribution in [2.75, 3.05) is 7.11 Å². The van der Waals surface area contributed by atoms with Crippen LogP contribution in [0.25, 0.3) is 5.57 Å². The third kappa shape index (κ3) is 2.81. The molecule has 1 aromatic rings. The van der Waals surface area contributed by atoms with E-state index in [1.54, 1.807) is 19.4 Å². The number of hydrogen-bond donors (Lipinski definition) is 0. The number of carbonyl (C=O) groups excluding carboxylic acids is 1. The molecule has 2 aliphatic rings. The zero-order chi connectivity index (χ0) is 18.9. The molecule has 0 saturated heterocycles. The van der Waals surface area contributed by atoms with Crippen molar-refractivity contribution in [2.24, 2.45) is 16.8 Å². The van der Waals surface area contributed by atoms with Gasteiger partial charge in [0.25, 0.3) is 0 Å². The van der Waals surface area contributed by atoms with Crippen LogP contribution in [-0.4, -0.2) is 29.6 Å². The molecule has 0 aromatic carbocycles. The molecular weight excluding hydrogens is 326 g/mol. The van der Waals surface area contributed by atoms with E-state index in [0.717, 1.165) is 29.7 Å². The number of aromatic nitrogens is 2. The second-order valence-electron chi connectivity index (χ2n) is 7.08. The number of nitrogens with zero attached hydrogens (tertiary/aromatic N) is 3. The maximum Gasteiger partial charge on any atom is 0.220 e. The summed E-state index contributed by atoms with van der Waals surface area (Å²) in [6.07, 6.45) is 10.9. The molecule has 136 valence electrons. The molecule has 0 fully saturated rings. The van der Waals surface area contributed by atoms with Gasteiger partial charge in [0.1, 0.15) is 0 Å². The Hall–Kier alpha value is -2.56. The van der Waals surface area contributed by atoms with E-state index in [0.29, 0.717) is 11.7 Å². The summed E-state index contributed by atoms with van der Waals surface area (Å²) < 4.78 is 5.60. The van der Waals surface area contributed by atoms with E-state index >= 15 is 0 Å². The Morgan fingerprint density at radius 3 is 2.88 bits per heavy atom. The van der Waals surface area contributed by atoms with Gasteiger partial charge in [-0.25, -0.2) is 4.98 Å². The minimum absolute atomic E-state index is 0.00592. The minimum atomic E-state index is -0.300. The van der Waals surface area contributed by atoms with Gasteiger partial charge in [-0.1, -0.05) is 26.0 Å². The maximum absolute atomic E-state index is 12.2. The van der Waals surface area contributed by atoms with Crippen molar-refractivity contribution >= 4 is 18.1 Å². The van der Waals surface area contributed by atoms with Crippen LogP contribution < -0.4 is 4.74 Å². The van der Waals surface area contributed by atoms with Gasteiger partial charge in [0.2, 0.25) is 5.88 Å². The molecule has 2 aliphatic carbocycles. The molecule has 3 atom stereocenters. The number of hydrogen-bond acceptors (Lipinski definition) is 5. The van der Waals surface area contributed by atoms with Gasteiger partial charge >= 0.3 is 0 Å². The lowest BCUT2D eigenvalue weighted by molar-refractivity contribution is -0.120. The highest BCUT2D eigenvalue weighted by Crippen LogP contribution is 2.49. The summed E-state index contributed by atoms with van der Waals surface area (Å²) in [5.41, 5.74) is 2.56. The third-order valence-corrected chi connectivity index (χ3v) is 5.72. The Kier molecular flexibility index (Phi) is 4.90. The number of ketones is 1. The van der Waals surface area contributed by atoms with E-state index in [4.69, 9.17) is 9.72 Å². The number of ether oxygens (including phenoxy) is 1. The van der Waals surface area contributed by atoms with Gasteiger partial charge in [0.05, 0.1) is 12.8 Å². The number of carbonyl (C=O) groups is 1. The van der Waals surface area contributed by atoms with E-state index in [-0.39, 0.29) is 23.0 Å². The van der Waals surface area contributed by atoms with E-state index < -0.39 is 0 Å². The fourth-order valence-corrected chi connectivity index (χ4v) is 4.22. The van der Waals surface area contributed by atoms with Crippen molar-refractivity contribution in [3.8, 4) is 5.88 Å². The number of rotatable bonds is 4. The Bertz CT molecular complexity index is 838. The van der Waals surface area contributed by atoms with Crippen molar-refractivity contribution in [3.63, 3.8) is 0 Å². The number of fused-ring (bicyclic) bond motifs is 3. The van der Waals surface area contributed by atoms with Crippen molar-refractivity contribution in [1.29, 1.82) is 0 Å². The first-order valence-corrected chi connectivity index (χ1v) is 8.93. The van der Waals surface area contributed by atoms with Gasteiger partial charge in [-0.15, -0.1) is 0 Å². The van der Waals surface area contributed by atoms with Crippen LogP contribution in [0.3, 0.4) is 0 Å². The van der Waals surface area contributed by atoms with Gasteiger partial charge in [0.15, 0.2) is 11.6 Å². The second kappa shape index (κ2) is 6.98. The topological polar surface area (TPSA) is 64.4 Å². The van der Waals surface area contributed by atoms with Crippen molar-refractivity contribution in [3.05, 3.63) is 47.6 Å². The summed E-state index contributed by atoms with van der Waals surface area (Å²) in [5, 5.41) is 0. The van der Waals surface area contributed by atoms with Crippen molar-refractivity contribution in [1.82, 2.24) is 9.97 Å². The van der Waals surface area contributed by atoms with Crippen molar-refractivity contribution in [2.45, 2.75) is 39.0 Å². The first kappa shape index (κ1) is 18.2. The zero-order valence-electron chi connectivity index (χ0n) is 15.8. The lowest BCUT2D eigenvalue weighted by Gasteiger charge is -2.44. The quantitative estimate of drug-likeness (QED) is 0.613. The summed E-state index contributed by atoms with van der Waals surface area (Å²) in [6, 6.07) is 0. The van der Waals surface area contributed by atoms with Crippen molar-refractivity contribution < 1.29 is 9.53 Å². The van der Waals surface area contributed by atoms with Gasteiger partial charge < -0.3 is 4.74 Å². The molecule has 5 nitrogen and oxygen atoms in total. The highest BCUT2D eigenvalue weighted by atomic mass is 16.5.